The number of rotatable bonds is 5. The molecule has 1 aliphatic heterocycles. The highest BCUT2D eigenvalue weighted by molar-refractivity contribution is 5.92. The van der Waals surface area contributed by atoms with Crippen LogP contribution < -0.4 is 0 Å². The molecule has 1 saturated heterocycles. The second kappa shape index (κ2) is 7.42. The molecule has 1 aliphatic carbocycles. The summed E-state index contributed by atoms with van der Waals surface area (Å²) in [7, 11) is 0. The van der Waals surface area contributed by atoms with E-state index in [9.17, 15) is 9.18 Å². The number of carbonyl (C=O) groups excluding carboxylic acids is 1. The molecule has 0 radical (unpaired) electrons. The lowest BCUT2D eigenvalue weighted by Gasteiger charge is -2.31. The van der Waals surface area contributed by atoms with Crippen molar-refractivity contribution >= 4 is 5.91 Å². The third-order valence-electron chi connectivity index (χ3n) is 5.58. The van der Waals surface area contributed by atoms with Crippen molar-refractivity contribution in [3.8, 4) is 11.4 Å². The third-order valence-corrected chi connectivity index (χ3v) is 5.58. The minimum atomic E-state index is -0.382. The summed E-state index contributed by atoms with van der Waals surface area (Å²) in [5, 5.41) is 7.87. The van der Waals surface area contributed by atoms with Crippen LogP contribution in [0.1, 0.15) is 53.7 Å². The van der Waals surface area contributed by atoms with Crippen molar-refractivity contribution in [2.75, 3.05) is 13.1 Å². The van der Waals surface area contributed by atoms with Crippen LogP contribution in [0.5, 0.6) is 0 Å². The summed E-state index contributed by atoms with van der Waals surface area (Å²) < 4.78 is 24.6. The zero-order valence-electron chi connectivity index (χ0n) is 15.9. The van der Waals surface area contributed by atoms with Gasteiger partial charge in [0.1, 0.15) is 11.6 Å². The molecular weight excluding hydrogens is 375 g/mol. The van der Waals surface area contributed by atoms with E-state index in [-0.39, 0.29) is 23.5 Å². The molecule has 0 bridgehead atoms. The van der Waals surface area contributed by atoms with E-state index in [1.165, 1.54) is 6.07 Å². The van der Waals surface area contributed by atoms with E-state index in [0.29, 0.717) is 42.6 Å². The maximum absolute atomic E-state index is 13.9. The van der Waals surface area contributed by atoms with E-state index < -0.39 is 0 Å². The second-order valence-electron chi connectivity index (χ2n) is 7.84. The van der Waals surface area contributed by atoms with Crippen LogP contribution in [0.2, 0.25) is 0 Å². The standard InChI is InChI=1S/C21H21FN4O3/c22-16-6-2-1-5-15(16)20-23-19(29-25-20)10-13-4-3-9-26(12-13)21(27)17-11-18(28-24-17)14-7-8-14/h1-2,5-6,11,13-14H,3-4,7-10,12H2. The van der Waals surface area contributed by atoms with Crippen LogP contribution in [-0.4, -0.2) is 39.2 Å². The Morgan fingerprint density at radius 3 is 2.86 bits per heavy atom. The average molecular weight is 396 g/mol. The first kappa shape index (κ1) is 18.0. The SMILES string of the molecule is O=C(c1cc(C2CC2)on1)N1CCCC(Cc2nc(-c3ccccc3F)no2)C1. The molecule has 1 unspecified atom stereocenters. The van der Waals surface area contributed by atoms with Gasteiger partial charge in [-0.05, 0) is 43.7 Å². The maximum Gasteiger partial charge on any atom is 0.276 e. The van der Waals surface area contributed by atoms with Crippen molar-refractivity contribution in [1.82, 2.24) is 20.2 Å². The number of hydrogen-bond acceptors (Lipinski definition) is 6. The van der Waals surface area contributed by atoms with Crippen LogP contribution in [0.3, 0.4) is 0 Å². The van der Waals surface area contributed by atoms with Gasteiger partial charge < -0.3 is 13.9 Å². The van der Waals surface area contributed by atoms with E-state index in [2.05, 4.69) is 15.3 Å². The number of benzene rings is 1. The first-order chi connectivity index (χ1) is 14.2. The molecule has 1 amide bonds. The van der Waals surface area contributed by atoms with Gasteiger partial charge in [0.25, 0.3) is 5.91 Å². The lowest BCUT2D eigenvalue weighted by Crippen LogP contribution is -2.40. The molecule has 8 heteroatoms. The number of nitrogens with zero attached hydrogens (tertiary/aromatic N) is 4. The Morgan fingerprint density at radius 1 is 1.17 bits per heavy atom. The van der Waals surface area contributed by atoms with Gasteiger partial charge in [-0.2, -0.15) is 4.98 Å². The van der Waals surface area contributed by atoms with Crippen LogP contribution in [0.15, 0.2) is 39.4 Å². The predicted octanol–water partition coefficient (Wildman–Crippen LogP) is 3.84. The summed E-state index contributed by atoms with van der Waals surface area (Å²) >= 11 is 0. The Labute approximate surface area is 166 Å². The smallest absolute Gasteiger partial charge is 0.276 e. The number of likely N-dealkylation sites (tertiary alicyclic amines) is 1. The van der Waals surface area contributed by atoms with Gasteiger partial charge in [-0.1, -0.05) is 22.4 Å². The van der Waals surface area contributed by atoms with Gasteiger partial charge in [0.15, 0.2) is 5.69 Å². The first-order valence-corrected chi connectivity index (χ1v) is 10.0. The highest BCUT2D eigenvalue weighted by Gasteiger charge is 2.31. The molecule has 29 heavy (non-hydrogen) atoms. The molecule has 1 atom stereocenters. The van der Waals surface area contributed by atoms with Gasteiger partial charge in [-0.3, -0.25) is 4.79 Å². The summed E-state index contributed by atoms with van der Waals surface area (Å²) in [6.45, 7) is 1.30. The highest BCUT2D eigenvalue weighted by atomic mass is 19.1. The molecule has 2 fully saturated rings. The lowest BCUT2D eigenvalue weighted by atomic mass is 9.94. The number of piperidine rings is 1. The van der Waals surface area contributed by atoms with E-state index in [0.717, 1.165) is 31.4 Å². The molecule has 0 N–H and O–H groups in total. The minimum Gasteiger partial charge on any atom is -0.360 e. The lowest BCUT2D eigenvalue weighted by molar-refractivity contribution is 0.0657. The van der Waals surface area contributed by atoms with Gasteiger partial charge in [0.2, 0.25) is 11.7 Å². The molecule has 1 saturated carbocycles. The van der Waals surface area contributed by atoms with E-state index in [4.69, 9.17) is 9.05 Å². The van der Waals surface area contributed by atoms with Crippen molar-refractivity contribution < 1.29 is 18.2 Å². The molecule has 7 nitrogen and oxygen atoms in total. The summed E-state index contributed by atoms with van der Waals surface area (Å²) in [4.78, 5) is 19.0. The largest absolute Gasteiger partial charge is 0.360 e. The molecule has 1 aromatic carbocycles. The van der Waals surface area contributed by atoms with Crippen LogP contribution in [0.4, 0.5) is 4.39 Å². The fraction of sp³-hybridized carbons (Fsp3) is 0.429. The zero-order valence-corrected chi connectivity index (χ0v) is 15.9. The maximum atomic E-state index is 13.9. The number of amides is 1. The molecule has 0 spiro atoms. The van der Waals surface area contributed by atoms with Crippen molar-refractivity contribution in [3.63, 3.8) is 0 Å². The molecule has 3 aromatic rings. The predicted molar refractivity (Wildman–Crippen MR) is 101 cm³/mol. The fourth-order valence-corrected chi connectivity index (χ4v) is 3.87. The Hall–Kier alpha value is -3.03. The minimum absolute atomic E-state index is 0.0945. The van der Waals surface area contributed by atoms with Gasteiger partial charge in [0.05, 0.1) is 5.56 Å². The average Bonchev–Trinajstić information content (AvgIpc) is 3.29. The van der Waals surface area contributed by atoms with Crippen LogP contribution in [0.25, 0.3) is 11.4 Å². The third kappa shape index (κ3) is 3.79. The monoisotopic (exact) mass is 396 g/mol. The van der Waals surface area contributed by atoms with Crippen molar-refractivity contribution in [2.45, 2.75) is 38.0 Å². The molecular formula is C21H21FN4O3. The van der Waals surface area contributed by atoms with E-state index >= 15 is 0 Å². The highest BCUT2D eigenvalue weighted by Crippen LogP contribution is 2.40. The quantitative estimate of drug-likeness (QED) is 0.651. The van der Waals surface area contributed by atoms with Gasteiger partial charge in [-0.25, -0.2) is 4.39 Å². The number of carbonyl (C=O) groups is 1. The van der Waals surface area contributed by atoms with Crippen LogP contribution in [0, 0.1) is 11.7 Å². The second-order valence-corrected chi connectivity index (χ2v) is 7.84. The molecule has 3 heterocycles. The summed E-state index contributed by atoms with van der Waals surface area (Å²) in [5.41, 5.74) is 0.702. The van der Waals surface area contributed by atoms with Gasteiger partial charge in [-0.15, -0.1) is 0 Å². The Kier molecular flexibility index (Phi) is 4.61. The van der Waals surface area contributed by atoms with E-state index in [1.807, 2.05) is 4.90 Å². The van der Waals surface area contributed by atoms with Gasteiger partial charge >= 0.3 is 0 Å². The number of halogens is 1. The normalized spacial score (nSPS) is 19.5. The van der Waals surface area contributed by atoms with Crippen molar-refractivity contribution in [2.24, 2.45) is 5.92 Å². The number of aromatic nitrogens is 3. The molecule has 2 aromatic heterocycles. The van der Waals surface area contributed by atoms with Crippen molar-refractivity contribution in [1.29, 1.82) is 0 Å². The Morgan fingerprint density at radius 2 is 2.03 bits per heavy atom. The van der Waals surface area contributed by atoms with E-state index in [1.54, 1.807) is 24.3 Å². The van der Waals surface area contributed by atoms with Crippen LogP contribution in [-0.2, 0) is 6.42 Å². The van der Waals surface area contributed by atoms with Crippen molar-refractivity contribution in [3.05, 3.63) is 53.5 Å². The summed E-state index contributed by atoms with van der Waals surface area (Å²) in [6, 6.07) is 8.13. The topological polar surface area (TPSA) is 85.3 Å². The molecule has 5 rings (SSSR count). The molecule has 150 valence electrons. The Balaban J connectivity index is 1.24. The zero-order chi connectivity index (χ0) is 19.8. The number of hydrogen-bond donors (Lipinski definition) is 0. The first-order valence-electron chi connectivity index (χ1n) is 10.0. The summed E-state index contributed by atoms with van der Waals surface area (Å²) in [6.07, 6.45) is 4.63. The summed E-state index contributed by atoms with van der Waals surface area (Å²) in [5.74, 6) is 1.68. The Bertz CT molecular complexity index is 1030. The fourth-order valence-electron chi connectivity index (χ4n) is 3.87. The van der Waals surface area contributed by atoms with Gasteiger partial charge in [0, 0.05) is 31.5 Å². The van der Waals surface area contributed by atoms with Crippen LogP contribution >= 0.6 is 0 Å². The molecule has 2 aliphatic rings.